The average molecular weight is 422 g/mol. The van der Waals surface area contributed by atoms with Crippen molar-refractivity contribution in [3.05, 3.63) is 93.7 Å². The quantitative estimate of drug-likeness (QED) is 0.460. The van der Waals surface area contributed by atoms with Gasteiger partial charge in [0.25, 0.3) is 5.56 Å². The molecule has 0 fully saturated rings. The highest BCUT2D eigenvalue weighted by Crippen LogP contribution is 2.30. The lowest BCUT2D eigenvalue weighted by Crippen LogP contribution is -2.11. The zero-order chi connectivity index (χ0) is 21.7. The Morgan fingerprint density at radius 2 is 1.78 bits per heavy atom. The molecule has 32 heavy (non-hydrogen) atoms. The Bertz CT molecular complexity index is 1550. The highest BCUT2D eigenvalue weighted by molar-refractivity contribution is 5.96. The first-order valence-corrected chi connectivity index (χ1v) is 11.0. The van der Waals surface area contributed by atoms with Crippen LogP contribution in [0.4, 0.5) is 0 Å². The van der Waals surface area contributed by atoms with Gasteiger partial charge in [-0.15, -0.1) is 0 Å². The number of aromatic nitrogens is 4. The number of para-hydroxylation sites is 1. The van der Waals surface area contributed by atoms with Crippen molar-refractivity contribution >= 4 is 21.9 Å². The van der Waals surface area contributed by atoms with Crippen LogP contribution >= 0.6 is 0 Å². The molecule has 5 aromatic rings. The van der Waals surface area contributed by atoms with Crippen molar-refractivity contribution in [1.29, 1.82) is 0 Å². The Balaban J connectivity index is 1.51. The molecular weight excluding hydrogens is 398 g/mol. The molecule has 6 rings (SSSR count). The van der Waals surface area contributed by atoms with E-state index in [1.807, 2.05) is 42.6 Å². The smallest absolute Gasteiger partial charge is 0.275 e. The monoisotopic (exact) mass is 421 g/mol. The molecule has 0 unspecified atom stereocenters. The normalized spacial score (nSPS) is 13.2. The number of aryl methyl sites for hydroxylation is 2. The maximum atomic E-state index is 13.1. The second-order valence-corrected chi connectivity index (χ2v) is 8.42. The summed E-state index contributed by atoms with van der Waals surface area (Å²) >= 11 is 0. The minimum atomic E-state index is -0.165. The van der Waals surface area contributed by atoms with Crippen LogP contribution in [0.5, 0.6) is 0 Å². The van der Waals surface area contributed by atoms with Gasteiger partial charge in [0.05, 0.1) is 29.0 Å². The first-order valence-electron chi connectivity index (χ1n) is 11.0. The van der Waals surface area contributed by atoms with Crippen molar-refractivity contribution in [1.82, 2.24) is 19.5 Å². The van der Waals surface area contributed by atoms with Crippen molar-refractivity contribution < 1.29 is 0 Å². The van der Waals surface area contributed by atoms with Crippen molar-refractivity contribution in [2.45, 2.75) is 32.4 Å². The van der Waals surface area contributed by atoms with Gasteiger partial charge in [0.1, 0.15) is 5.69 Å². The number of nitrogens with zero attached hydrogens (tertiary/aromatic N) is 3. The summed E-state index contributed by atoms with van der Waals surface area (Å²) in [4.78, 5) is 25.6. The first kappa shape index (κ1) is 19.0. The third kappa shape index (κ3) is 3.11. The molecule has 158 valence electrons. The van der Waals surface area contributed by atoms with E-state index >= 15 is 0 Å². The van der Waals surface area contributed by atoms with Gasteiger partial charge in [-0.3, -0.25) is 9.78 Å². The number of rotatable bonds is 4. The largest absolute Gasteiger partial charge is 0.341 e. The maximum Gasteiger partial charge on any atom is 0.275 e. The number of hydrogen-bond acceptors (Lipinski definition) is 4. The zero-order valence-electron chi connectivity index (χ0n) is 17.6. The van der Waals surface area contributed by atoms with Crippen LogP contribution in [0.25, 0.3) is 33.2 Å². The van der Waals surface area contributed by atoms with Gasteiger partial charge in [-0.1, -0.05) is 24.3 Å². The van der Waals surface area contributed by atoms with Crippen LogP contribution in [0.3, 0.4) is 0 Å². The highest BCUT2D eigenvalue weighted by Gasteiger charge is 2.18. The van der Waals surface area contributed by atoms with Crippen LogP contribution in [0.2, 0.25) is 0 Å². The van der Waals surface area contributed by atoms with E-state index in [4.69, 9.17) is 10.7 Å². The van der Waals surface area contributed by atoms with E-state index in [2.05, 4.69) is 32.7 Å². The number of pyridine rings is 1. The van der Waals surface area contributed by atoms with Crippen LogP contribution in [-0.4, -0.2) is 19.5 Å². The Kier molecular flexibility index (Phi) is 4.40. The zero-order valence-corrected chi connectivity index (χ0v) is 17.6. The summed E-state index contributed by atoms with van der Waals surface area (Å²) < 4.78 is 2.13. The highest BCUT2D eigenvalue weighted by atomic mass is 16.1. The number of aromatic amines is 1. The number of fused-ring (bicyclic) bond motifs is 3. The van der Waals surface area contributed by atoms with Crippen molar-refractivity contribution in [2.24, 2.45) is 5.73 Å². The van der Waals surface area contributed by atoms with Gasteiger partial charge in [0.15, 0.2) is 0 Å². The van der Waals surface area contributed by atoms with Crippen LogP contribution in [0.15, 0.2) is 65.6 Å². The van der Waals surface area contributed by atoms with E-state index in [1.165, 1.54) is 11.1 Å². The predicted octanol–water partition coefficient (Wildman–Crippen LogP) is 3.94. The van der Waals surface area contributed by atoms with Crippen LogP contribution in [0.1, 0.15) is 28.9 Å². The van der Waals surface area contributed by atoms with Gasteiger partial charge in [0.2, 0.25) is 0 Å². The van der Waals surface area contributed by atoms with Crippen LogP contribution in [0, 0.1) is 0 Å². The Hall–Kier alpha value is -3.77. The molecule has 1 aliphatic carbocycles. The second-order valence-electron chi connectivity index (χ2n) is 8.42. The maximum absolute atomic E-state index is 13.1. The van der Waals surface area contributed by atoms with Gasteiger partial charge < -0.3 is 15.3 Å². The van der Waals surface area contributed by atoms with E-state index in [0.29, 0.717) is 18.8 Å². The molecule has 6 nitrogen and oxygen atoms in total. The molecular formula is C26H23N5O. The SMILES string of the molecule is NCc1cccc(Cn2cc(-c3nc4cc5c(cc4[nH]c3=O)CCC5)c3ccccc32)n1. The number of nitrogens with two attached hydrogens (primary N) is 1. The number of H-pyrrole nitrogens is 1. The van der Waals surface area contributed by atoms with E-state index in [1.54, 1.807) is 0 Å². The third-order valence-electron chi connectivity index (χ3n) is 6.36. The lowest BCUT2D eigenvalue weighted by Gasteiger charge is -2.06. The number of nitrogens with one attached hydrogen (secondary N) is 1. The second kappa shape index (κ2) is 7.43. The molecule has 1 aliphatic rings. The summed E-state index contributed by atoms with van der Waals surface area (Å²) in [6.45, 7) is 0.999. The van der Waals surface area contributed by atoms with Crippen molar-refractivity contribution in [2.75, 3.05) is 0 Å². The molecule has 3 N–H and O–H groups in total. The molecule has 0 atom stereocenters. The lowest BCUT2D eigenvalue weighted by atomic mass is 10.1. The van der Waals surface area contributed by atoms with Crippen molar-refractivity contribution in [3.8, 4) is 11.3 Å². The van der Waals surface area contributed by atoms with Gasteiger partial charge in [-0.2, -0.15) is 0 Å². The summed E-state index contributed by atoms with van der Waals surface area (Å²) in [5.74, 6) is 0. The molecule has 3 aromatic heterocycles. The van der Waals surface area contributed by atoms with Gasteiger partial charge >= 0.3 is 0 Å². The predicted molar refractivity (Wildman–Crippen MR) is 127 cm³/mol. The Labute approximate surface area is 184 Å². The molecule has 6 heteroatoms. The van der Waals surface area contributed by atoms with E-state index < -0.39 is 0 Å². The van der Waals surface area contributed by atoms with Gasteiger partial charge in [-0.05, 0) is 60.7 Å². The summed E-state index contributed by atoms with van der Waals surface area (Å²) in [5.41, 5.74) is 14.0. The topological polar surface area (TPSA) is 89.6 Å². The fraction of sp³-hybridized carbons (Fsp3) is 0.192. The fourth-order valence-electron chi connectivity index (χ4n) is 4.81. The first-order chi connectivity index (χ1) is 15.7. The molecule has 0 spiro atoms. The minimum absolute atomic E-state index is 0.165. The Morgan fingerprint density at radius 3 is 2.66 bits per heavy atom. The number of benzene rings is 2. The molecule has 0 aliphatic heterocycles. The molecule has 0 saturated heterocycles. The van der Waals surface area contributed by atoms with Crippen molar-refractivity contribution in [3.63, 3.8) is 0 Å². The van der Waals surface area contributed by atoms with E-state index in [0.717, 1.165) is 58.2 Å². The summed E-state index contributed by atoms with van der Waals surface area (Å²) in [6, 6.07) is 18.2. The third-order valence-corrected chi connectivity index (χ3v) is 6.36. The van der Waals surface area contributed by atoms with Crippen LogP contribution < -0.4 is 11.3 Å². The van der Waals surface area contributed by atoms with Gasteiger partial charge in [-0.25, -0.2) is 4.98 Å². The average Bonchev–Trinajstić information content (AvgIpc) is 3.42. The summed E-state index contributed by atoms with van der Waals surface area (Å²) in [5, 5.41) is 1.00. The molecule has 0 bridgehead atoms. The van der Waals surface area contributed by atoms with Gasteiger partial charge in [0, 0.05) is 29.2 Å². The molecule has 2 aromatic carbocycles. The fourth-order valence-corrected chi connectivity index (χ4v) is 4.81. The van der Waals surface area contributed by atoms with Crippen LogP contribution in [-0.2, 0) is 25.9 Å². The van der Waals surface area contributed by atoms with E-state index in [-0.39, 0.29) is 5.56 Å². The lowest BCUT2D eigenvalue weighted by molar-refractivity contribution is 0.794. The standard InChI is InChI=1S/C26H23N5O/c27-13-18-7-4-8-19(28-18)14-31-15-21(20-9-1-2-10-24(20)31)25-26(32)30-23-12-17-6-3-5-16(17)11-22(23)29-25/h1-2,4,7-12,15H,3,5-6,13-14,27H2,(H,30,32). The Morgan fingerprint density at radius 1 is 0.969 bits per heavy atom. The summed E-state index contributed by atoms with van der Waals surface area (Å²) in [6.07, 6.45) is 5.32. The summed E-state index contributed by atoms with van der Waals surface area (Å²) in [7, 11) is 0. The number of hydrogen-bond donors (Lipinski definition) is 2. The minimum Gasteiger partial charge on any atom is -0.341 e. The molecule has 3 heterocycles. The molecule has 0 amide bonds. The van der Waals surface area contributed by atoms with E-state index in [9.17, 15) is 4.79 Å². The molecule has 0 radical (unpaired) electrons. The molecule has 0 saturated carbocycles.